The van der Waals surface area contributed by atoms with Crippen LogP contribution < -0.4 is 15.4 Å². The van der Waals surface area contributed by atoms with Crippen LogP contribution in [0.15, 0.2) is 66.7 Å². The van der Waals surface area contributed by atoms with Gasteiger partial charge in [-0.3, -0.25) is 4.79 Å². The Balaban J connectivity index is 1.79. The van der Waals surface area contributed by atoms with Gasteiger partial charge < -0.3 is 15.4 Å². The van der Waals surface area contributed by atoms with Crippen LogP contribution in [0.4, 0.5) is 0 Å². The monoisotopic (exact) mass is 390 g/mol. The first-order chi connectivity index (χ1) is 13.8. The fourth-order valence-electron chi connectivity index (χ4n) is 3.35. The van der Waals surface area contributed by atoms with Crippen LogP contribution in [0.3, 0.4) is 0 Å². The number of carbonyl (C=O) groups is 1. The number of benzene rings is 3. The van der Waals surface area contributed by atoms with E-state index in [0.29, 0.717) is 6.54 Å². The van der Waals surface area contributed by atoms with Crippen LogP contribution in [-0.2, 0) is 11.3 Å². The van der Waals surface area contributed by atoms with Crippen LogP contribution in [-0.4, -0.2) is 18.1 Å². The van der Waals surface area contributed by atoms with E-state index < -0.39 is 0 Å². The Morgan fingerprint density at radius 3 is 2.38 bits per heavy atom. The van der Waals surface area contributed by atoms with Crippen molar-refractivity contribution in [2.75, 3.05) is 6.61 Å². The van der Waals surface area contributed by atoms with E-state index in [9.17, 15) is 4.79 Å². The molecular formula is C25H30N2O2. The molecule has 0 bridgehead atoms. The van der Waals surface area contributed by atoms with Crippen molar-refractivity contribution < 1.29 is 9.53 Å². The minimum Gasteiger partial charge on any atom is -0.483 e. The average Bonchev–Trinajstić information content (AvgIpc) is 2.70. The smallest absolute Gasteiger partial charge is 0.258 e. The third-order valence-corrected chi connectivity index (χ3v) is 4.76. The van der Waals surface area contributed by atoms with E-state index in [1.807, 2.05) is 63.2 Å². The summed E-state index contributed by atoms with van der Waals surface area (Å²) in [5, 5.41) is 8.82. The number of nitrogens with one attached hydrogen (secondary N) is 2. The molecule has 1 atom stereocenters. The molecule has 0 heterocycles. The lowest BCUT2D eigenvalue weighted by atomic mass is 10.0. The SMILES string of the molecule is CC(NCc1c(OCC(=O)NC(C)(C)C)ccc2ccccc12)c1ccccc1. The lowest BCUT2D eigenvalue weighted by Gasteiger charge is -2.21. The van der Waals surface area contributed by atoms with Crippen molar-refractivity contribution in [3.05, 3.63) is 77.9 Å². The van der Waals surface area contributed by atoms with Gasteiger partial charge in [-0.15, -0.1) is 0 Å². The van der Waals surface area contributed by atoms with Crippen LogP contribution in [0.25, 0.3) is 10.8 Å². The van der Waals surface area contributed by atoms with Gasteiger partial charge in [-0.25, -0.2) is 0 Å². The topological polar surface area (TPSA) is 50.4 Å². The van der Waals surface area contributed by atoms with Crippen LogP contribution in [0, 0.1) is 0 Å². The van der Waals surface area contributed by atoms with Gasteiger partial charge in [-0.2, -0.15) is 0 Å². The van der Waals surface area contributed by atoms with Gasteiger partial charge in [0, 0.05) is 23.7 Å². The van der Waals surface area contributed by atoms with Gasteiger partial charge in [0.05, 0.1) is 0 Å². The number of rotatable bonds is 7. The maximum Gasteiger partial charge on any atom is 0.258 e. The van der Waals surface area contributed by atoms with E-state index >= 15 is 0 Å². The van der Waals surface area contributed by atoms with Crippen LogP contribution in [0.1, 0.15) is 44.9 Å². The second-order valence-electron chi connectivity index (χ2n) is 8.36. The Kier molecular flexibility index (Phi) is 6.55. The molecule has 3 aromatic carbocycles. The summed E-state index contributed by atoms with van der Waals surface area (Å²) in [5.41, 5.74) is 2.02. The van der Waals surface area contributed by atoms with Gasteiger partial charge in [-0.1, -0.05) is 60.7 Å². The summed E-state index contributed by atoms with van der Waals surface area (Å²) in [5.74, 6) is 0.614. The molecule has 3 aromatic rings. The molecule has 29 heavy (non-hydrogen) atoms. The zero-order chi connectivity index (χ0) is 20.9. The van der Waals surface area contributed by atoms with E-state index in [1.54, 1.807) is 0 Å². The molecular weight excluding hydrogens is 360 g/mol. The first-order valence-electron chi connectivity index (χ1n) is 10.1. The molecule has 1 amide bonds. The first-order valence-corrected chi connectivity index (χ1v) is 10.1. The summed E-state index contributed by atoms with van der Waals surface area (Å²) in [6.07, 6.45) is 0. The molecule has 0 spiro atoms. The summed E-state index contributed by atoms with van der Waals surface area (Å²) in [6, 6.07) is 22.8. The molecule has 0 radical (unpaired) electrons. The second kappa shape index (κ2) is 9.10. The Morgan fingerprint density at radius 1 is 0.966 bits per heavy atom. The van der Waals surface area contributed by atoms with Gasteiger partial charge >= 0.3 is 0 Å². The van der Waals surface area contributed by atoms with Gasteiger partial charge in [0.2, 0.25) is 0 Å². The third-order valence-electron chi connectivity index (χ3n) is 4.76. The Hall–Kier alpha value is -2.85. The van der Waals surface area contributed by atoms with Crippen molar-refractivity contribution in [3.8, 4) is 5.75 Å². The van der Waals surface area contributed by atoms with E-state index in [2.05, 4.69) is 41.8 Å². The number of amides is 1. The molecule has 1 unspecified atom stereocenters. The zero-order valence-electron chi connectivity index (χ0n) is 17.7. The van der Waals surface area contributed by atoms with E-state index in [-0.39, 0.29) is 24.1 Å². The Labute approximate surface area is 173 Å². The molecule has 0 fully saturated rings. The lowest BCUT2D eigenvalue weighted by molar-refractivity contribution is -0.124. The maximum atomic E-state index is 12.2. The third kappa shape index (κ3) is 5.81. The minimum atomic E-state index is -0.278. The molecule has 2 N–H and O–H groups in total. The van der Waals surface area contributed by atoms with Crippen LogP contribution in [0.5, 0.6) is 5.75 Å². The highest BCUT2D eigenvalue weighted by molar-refractivity contribution is 5.88. The standard InChI is InChI=1S/C25H30N2O2/c1-18(19-10-6-5-7-11-19)26-16-22-21-13-9-8-12-20(21)14-15-23(22)29-17-24(28)27-25(2,3)4/h5-15,18,26H,16-17H2,1-4H3,(H,27,28). The average molecular weight is 391 g/mol. The summed E-state index contributed by atoms with van der Waals surface area (Å²) >= 11 is 0. The van der Waals surface area contributed by atoms with E-state index in [4.69, 9.17) is 4.74 Å². The summed E-state index contributed by atoms with van der Waals surface area (Å²) in [4.78, 5) is 12.2. The van der Waals surface area contributed by atoms with Gasteiger partial charge in [0.1, 0.15) is 5.75 Å². The normalized spacial score (nSPS) is 12.6. The maximum absolute atomic E-state index is 12.2. The summed E-state index contributed by atoms with van der Waals surface area (Å²) < 4.78 is 5.94. The molecule has 152 valence electrons. The van der Waals surface area contributed by atoms with Gasteiger partial charge in [0.15, 0.2) is 6.61 Å². The van der Waals surface area contributed by atoms with E-state index in [1.165, 1.54) is 5.56 Å². The predicted octanol–water partition coefficient (Wildman–Crippen LogP) is 4.98. The largest absolute Gasteiger partial charge is 0.483 e. The predicted molar refractivity (Wildman–Crippen MR) is 119 cm³/mol. The Morgan fingerprint density at radius 2 is 1.66 bits per heavy atom. The number of hydrogen-bond donors (Lipinski definition) is 2. The second-order valence-corrected chi connectivity index (χ2v) is 8.36. The molecule has 0 aromatic heterocycles. The van der Waals surface area contributed by atoms with Crippen molar-refractivity contribution in [2.45, 2.75) is 45.8 Å². The Bertz CT molecular complexity index is 961. The van der Waals surface area contributed by atoms with E-state index in [0.717, 1.165) is 22.1 Å². The highest BCUT2D eigenvalue weighted by atomic mass is 16.5. The van der Waals surface area contributed by atoms with Crippen LogP contribution in [0.2, 0.25) is 0 Å². The molecule has 3 rings (SSSR count). The van der Waals surface area contributed by atoms with Crippen molar-refractivity contribution >= 4 is 16.7 Å². The number of ether oxygens (including phenoxy) is 1. The van der Waals surface area contributed by atoms with Crippen molar-refractivity contribution in [3.63, 3.8) is 0 Å². The van der Waals surface area contributed by atoms with Crippen molar-refractivity contribution in [2.24, 2.45) is 0 Å². The number of carbonyl (C=O) groups excluding carboxylic acids is 1. The number of fused-ring (bicyclic) bond motifs is 1. The minimum absolute atomic E-state index is 0.00313. The summed E-state index contributed by atoms with van der Waals surface area (Å²) in [7, 11) is 0. The first kappa shape index (κ1) is 20.9. The lowest BCUT2D eigenvalue weighted by Crippen LogP contribution is -2.43. The molecule has 4 nitrogen and oxygen atoms in total. The van der Waals surface area contributed by atoms with Gasteiger partial charge in [0.25, 0.3) is 5.91 Å². The highest BCUT2D eigenvalue weighted by Gasteiger charge is 2.16. The van der Waals surface area contributed by atoms with Gasteiger partial charge in [-0.05, 0) is 50.1 Å². The molecule has 0 saturated heterocycles. The zero-order valence-corrected chi connectivity index (χ0v) is 17.7. The molecule has 0 saturated carbocycles. The fraction of sp³-hybridized carbons (Fsp3) is 0.320. The molecule has 0 aliphatic heterocycles. The summed E-state index contributed by atoms with van der Waals surface area (Å²) in [6.45, 7) is 8.67. The van der Waals surface area contributed by atoms with Crippen LogP contribution >= 0.6 is 0 Å². The number of hydrogen-bond acceptors (Lipinski definition) is 3. The van der Waals surface area contributed by atoms with Crippen molar-refractivity contribution in [1.82, 2.24) is 10.6 Å². The molecule has 0 aliphatic carbocycles. The quantitative estimate of drug-likeness (QED) is 0.598. The fourth-order valence-corrected chi connectivity index (χ4v) is 3.35. The molecule has 0 aliphatic rings. The van der Waals surface area contributed by atoms with Crippen molar-refractivity contribution in [1.29, 1.82) is 0 Å². The molecule has 4 heteroatoms. The highest BCUT2D eigenvalue weighted by Crippen LogP contribution is 2.29.